The second-order valence-corrected chi connectivity index (χ2v) is 8.27. The highest BCUT2D eigenvalue weighted by Crippen LogP contribution is 2.22. The maximum absolute atomic E-state index is 12.7. The lowest BCUT2D eigenvalue weighted by Crippen LogP contribution is -2.45. The van der Waals surface area contributed by atoms with E-state index in [2.05, 4.69) is 33.7 Å². The first kappa shape index (κ1) is 22.1. The summed E-state index contributed by atoms with van der Waals surface area (Å²) in [6.07, 6.45) is 0.0250. The third kappa shape index (κ3) is 4.42. The number of nitrogens with zero attached hydrogens (tertiary/aromatic N) is 5. The lowest BCUT2D eigenvalue weighted by Gasteiger charge is -2.33. The predicted molar refractivity (Wildman–Crippen MR) is 123 cm³/mol. The molecule has 1 aliphatic rings. The molecule has 2 aromatic heterocycles. The lowest BCUT2D eigenvalue weighted by molar-refractivity contribution is 0.0935. The standard InChI is InChI=1S/C22H30N6O4/c1-4-15-6-5-7-17(12-15)32-14-16(29)13-28-18-19(26(3)22(31)24-20(18)30)23-21(28)27-10-8-25(2)9-11-27/h5-7,12,16,29H,4,8-11,13-14H2,1-3H3,(H,24,30,31)/t16-/m0/s1. The van der Waals surface area contributed by atoms with E-state index in [1.165, 1.54) is 4.57 Å². The van der Waals surface area contributed by atoms with Crippen LogP contribution in [0.15, 0.2) is 33.9 Å². The summed E-state index contributed by atoms with van der Waals surface area (Å²) >= 11 is 0. The molecular formula is C22H30N6O4. The van der Waals surface area contributed by atoms with Crippen LogP contribution in [0.3, 0.4) is 0 Å². The molecule has 1 aromatic carbocycles. The van der Waals surface area contributed by atoms with Gasteiger partial charge in [0, 0.05) is 33.2 Å². The van der Waals surface area contributed by atoms with E-state index in [0.717, 1.165) is 38.2 Å². The van der Waals surface area contributed by atoms with Crippen molar-refractivity contribution in [2.75, 3.05) is 44.7 Å². The zero-order chi connectivity index (χ0) is 22.8. The number of aryl methyl sites for hydroxylation is 2. The molecule has 2 N–H and O–H groups in total. The summed E-state index contributed by atoms with van der Waals surface area (Å²) in [7, 11) is 3.63. The molecule has 10 heteroatoms. The van der Waals surface area contributed by atoms with E-state index in [9.17, 15) is 14.7 Å². The van der Waals surface area contributed by atoms with Crippen LogP contribution >= 0.6 is 0 Å². The zero-order valence-electron chi connectivity index (χ0n) is 18.7. The molecule has 32 heavy (non-hydrogen) atoms. The zero-order valence-corrected chi connectivity index (χ0v) is 18.7. The van der Waals surface area contributed by atoms with E-state index < -0.39 is 17.4 Å². The third-order valence-electron chi connectivity index (χ3n) is 5.92. The summed E-state index contributed by atoms with van der Waals surface area (Å²) in [5.74, 6) is 1.27. The lowest BCUT2D eigenvalue weighted by atomic mass is 10.2. The Morgan fingerprint density at radius 1 is 1.19 bits per heavy atom. The fourth-order valence-electron chi connectivity index (χ4n) is 3.95. The van der Waals surface area contributed by atoms with E-state index in [0.29, 0.717) is 17.3 Å². The molecule has 0 amide bonds. The second kappa shape index (κ2) is 9.17. The topological polar surface area (TPSA) is 109 Å². The first-order chi connectivity index (χ1) is 15.4. The normalized spacial score (nSPS) is 15.9. The fourth-order valence-corrected chi connectivity index (χ4v) is 3.95. The molecule has 172 valence electrons. The fraction of sp³-hybridized carbons (Fsp3) is 0.500. The molecule has 1 atom stereocenters. The summed E-state index contributed by atoms with van der Waals surface area (Å²) in [6.45, 7) is 5.45. The van der Waals surface area contributed by atoms with Crippen LogP contribution in [0.4, 0.5) is 5.95 Å². The average Bonchev–Trinajstić information content (AvgIpc) is 3.16. The Morgan fingerprint density at radius 2 is 1.94 bits per heavy atom. The van der Waals surface area contributed by atoms with E-state index in [-0.39, 0.29) is 18.7 Å². The minimum Gasteiger partial charge on any atom is -0.491 e. The van der Waals surface area contributed by atoms with E-state index >= 15 is 0 Å². The van der Waals surface area contributed by atoms with Crippen LogP contribution in [0, 0.1) is 0 Å². The number of aliphatic hydroxyl groups is 1. The number of aliphatic hydroxyl groups excluding tert-OH is 1. The number of benzene rings is 1. The number of anilines is 1. The van der Waals surface area contributed by atoms with Gasteiger partial charge in [-0.1, -0.05) is 19.1 Å². The number of rotatable bonds is 7. The number of fused-ring (bicyclic) bond motifs is 1. The quantitative estimate of drug-likeness (QED) is 0.537. The van der Waals surface area contributed by atoms with Crippen molar-refractivity contribution in [3.63, 3.8) is 0 Å². The van der Waals surface area contributed by atoms with Crippen molar-refractivity contribution in [1.82, 2.24) is 24.0 Å². The Labute approximate surface area is 185 Å². The van der Waals surface area contributed by atoms with Crippen molar-refractivity contribution < 1.29 is 9.84 Å². The van der Waals surface area contributed by atoms with Gasteiger partial charge in [-0.05, 0) is 31.2 Å². The van der Waals surface area contributed by atoms with Crippen LogP contribution < -0.4 is 20.9 Å². The molecule has 1 aliphatic heterocycles. The van der Waals surface area contributed by atoms with Gasteiger partial charge in [-0.25, -0.2) is 4.79 Å². The predicted octanol–water partition coefficient (Wildman–Crippen LogP) is 0.177. The maximum Gasteiger partial charge on any atom is 0.329 e. The van der Waals surface area contributed by atoms with E-state index in [1.54, 1.807) is 11.6 Å². The summed E-state index contributed by atoms with van der Waals surface area (Å²) in [4.78, 5) is 36.1. The van der Waals surface area contributed by atoms with Crippen LogP contribution in [0.25, 0.3) is 11.2 Å². The summed E-state index contributed by atoms with van der Waals surface area (Å²) in [5.41, 5.74) is 0.698. The Kier molecular flexibility index (Phi) is 6.33. The Balaban J connectivity index is 1.63. The van der Waals surface area contributed by atoms with Gasteiger partial charge < -0.3 is 24.2 Å². The summed E-state index contributed by atoms with van der Waals surface area (Å²) in [5, 5.41) is 10.8. The van der Waals surface area contributed by atoms with Gasteiger partial charge in [0.1, 0.15) is 18.5 Å². The Morgan fingerprint density at radius 3 is 2.66 bits per heavy atom. The smallest absolute Gasteiger partial charge is 0.329 e. The minimum absolute atomic E-state index is 0.0681. The van der Waals surface area contributed by atoms with Crippen LogP contribution in [-0.4, -0.2) is 75.0 Å². The average molecular weight is 443 g/mol. The van der Waals surface area contributed by atoms with Crippen LogP contribution in [0.5, 0.6) is 5.75 Å². The highest BCUT2D eigenvalue weighted by atomic mass is 16.5. The van der Waals surface area contributed by atoms with Gasteiger partial charge >= 0.3 is 5.69 Å². The van der Waals surface area contributed by atoms with Gasteiger partial charge in [0.2, 0.25) is 5.95 Å². The number of aromatic amines is 1. The van der Waals surface area contributed by atoms with E-state index in [4.69, 9.17) is 4.74 Å². The molecule has 3 heterocycles. The number of imidazole rings is 1. The molecule has 0 spiro atoms. The van der Waals surface area contributed by atoms with Crippen molar-refractivity contribution in [1.29, 1.82) is 0 Å². The number of ether oxygens (including phenoxy) is 1. The molecule has 0 aliphatic carbocycles. The molecule has 0 radical (unpaired) electrons. The van der Waals surface area contributed by atoms with Gasteiger partial charge in [0.05, 0.1) is 6.54 Å². The van der Waals surface area contributed by atoms with E-state index in [1.807, 2.05) is 24.3 Å². The first-order valence-corrected chi connectivity index (χ1v) is 10.9. The van der Waals surface area contributed by atoms with Gasteiger partial charge in [-0.15, -0.1) is 0 Å². The number of nitrogens with one attached hydrogen (secondary N) is 1. The number of aromatic nitrogens is 4. The molecule has 3 aromatic rings. The van der Waals surface area contributed by atoms with Crippen molar-refractivity contribution >= 4 is 17.1 Å². The molecule has 1 fully saturated rings. The monoisotopic (exact) mass is 442 g/mol. The summed E-state index contributed by atoms with van der Waals surface area (Å²) < 4.78 is 8.83. The van der Waals surface area contributed by atoms with Gasteiger partial charge in [-0.2, -0.15) is 4.98 Å². The molecule has 4 rings (SSSR count). The van der Waals surface area contributed by atoms with Gasteiger partial charge in [-0.3, -0.25) is 14.3 Å². The van der Waals surface area contributed by atoms with Crippen LogP contribution in [-0.2, 0) is 20.0 Å². The molecule has 1 saturated heterocycles. The van der Waals surface area contributed by atoms with Gasteiger partial charge in [0.25, 0.3) is 5.56 Å². The Bertz CT molecular complexity index is 1210. The molecule has 0 bridgehead atoms. The number of piperazine rings is 1. The SMILES string of the molecule is CCc1cccc(OC[C@@H](O)Cn2c(N3CCN(C)CC3)nc3c2c(=O)[nH]c(=O)n3C)c1. The number of hydrogen-bond donors (Lipinski definition) is 2. The van der Waals surface area contributed by atoms with Crippen molar-refractivity contribution in [2.45, 2.75) is 26.0 Å². The Hall–Kier alpha value is -3.11. The second-order valence-electron chi connectivity index (χ2n) is 8.27. The van der Waals surface area contributed by atoms with Gasteiger partial charge in [0.15, 0.2) is 11.2 Å². The first-order valence-electron chi connectivity index (χ1n) is 10.9. The largest absolute Gasteiger partial charge is 0.491 e. The van der Waals surface area contributed by atoms with Crippen LogP contribution in [0.2, 0.25) is 0 Å². The third-order valence-corrected chi connectivity index (χ3v) is 5.92. The number of likely N-dealkylation sites (N-methyl/N-ethyl adjacent to an activating group) is 1. The minimum atomic E-state index is -0.875. The molecule has 0 saturated carbocycles. The highest BCUT2D eigenvalue weighted by molar-refractivity contribution is 5.74. The van der Waals surface area contributed by atoms with Crippen molar-refractivity contribution in [3.05, 3.63) is 50.7 Å². The maximum atomic E-state index is 12.7. The molecule has 10 nitrogen and oxygen atoms in total. The van der Waals surface area contributed by atoms with Crippen molar-refractivity contribution in [2.24, 2.45) is 7.05 Å². The number of hydrogen-bond acceptors (Lipinski definition) is 7. The number of H-pyrrole nitrogens is 1. The highest BCUT2D eigenvalue weighted by Gasteiger charge is 2.25. The van der Waals surface area contributed by atoms with Crippen LogP contribution in [0.1, 0.15) is 12.5 Å². The molecule has 0 unspecified atom stereocenters. The summed E-state index contributed by atoms with van der Waals surface area (Å²) in [6, 6.07) is 7.76. The van der Waals surface area contributed by atoms with Crippen molar-refractivity contribution in [3.8, 4) is 5.75 Å². The molecular weight excluding hydrogens is 412 g/mol.